The zero-order valence-corrected chi connectivity index (χ0v) is 16.9. The molecule has 0 unspecified atom stereocenters. The quantitative estimate of drug-likeness (QED) is 0.394. The Hall–Kier alpha value is -4.47. The van der Waals surface area contributed by atoms with Crippen LogP contribution in [-0.2, 0) is 0 Å². The van der Waals surface area contributed by atoms with Crippen LogP contribution in [0.2, 0.25) is 0 Å². The number of rotatable bonds is 5. The molecular formula is C21H20N8O2. The van der Waals surface area contributed by atoms with E-state index in [0.717, 1.165) is 16.9 Å². The van der Waals surface area contributed by atoms with Gasteiger partial charge >= 0.3 is 6.03 Å². The van der Waals surface area contributed by atoms with Gasteiger partial charge < -0.3 is 16.4 Å². The van der Waals surface area contributed by atoms with Crippen LogP contribution in [0.15, 0.2) is 55.0 Å². The molecule has 31 heavy (non-hydrogen) atoms. The molecule has 0 atom stereocenters. The molecule has 10 nitrogen and oxygen atoms in total. The molecule has 0 aliphatic carbocycles. The lowest BCUT2D eigenvalue weighted by Crippen LogP contribution is -2.24. The molecule has 0 spiro atoms. The summed E-state index contributed by atoms with van der Waals surface area (Å²) in [5.74, 6) is 0.0797. The molecule has 5 N–H and O–H groups in total. The molecule has 156 valence electrons. The largest absolute Gasteiger partial charge is 0.366 e. The van der Waals surface area contributed by atoms with Gasteiger partial charge in [0.25, 0.3) is 0 Å². The van der Waals surface area contributed by atoms with Crippen molar-refractivity contribution in [2.24, 2.45) is 5.73 Å². The summed E-state index contributed by atoms with van der Waals surface area (Å²) in [5.41, 5.74) is 9.44. The van der Waals surface area contributed by atoms with Crippen LogP contribution in [0, 0.1) is 6.92 Å². The van der Waals surface area contributed by atoms with E-state index in [1.165, 1.54) is 6.33 Å². The van der Waals surface area contributed by atoms with Gasteiger partial charge in [0.2, 0.25) is 5.91 Å². The second kappa shape index (κ2) is 8.11. The first-order valence-corrected chi connectivity index (χ1v) is 9.41. The van der Waals surface area contributed by atoms with E-state index >= 15 is 0 Å². The zero-order chi connectivity index (χ0) is 22.0. The second-order valence-corrected chi connectivity index (χ2v) is 6.78. The summed E-state index contributed by atoms with van der Waals surface area (Å²) < 4.78 is 0. The Morgan fingerprint density at radius 3 is 2.58 bits per heavy atom. The Labute approximate surface area is 177 Å². The number of nitrogens with two attached hydrogens (primary N) is 1. The number of fused-ring (bicyclic) bond motifs is 1. The highest BCUT2D eigenvalue weighted by molar-refractivity contribution is 5.96. The molecule has 0 aliphatic rings. The molecular weight excluding hydrogens is 396 g/mol. The number of carbonyl (C=O) groups is 2. The maximum absolute atomic E-state index is 11.8. The summed E-state index contributed by atoms with van der Waals surface area (Å²) >= 11 is 0. The van der Waals surface area contributed by atoms with E-state index in [9.17, 15) is 9.59 Å². The summed E-state index contributed by atoms with van der Waals surface area (Å²) in [6, 6.07) is 12.1. The topological polar surface area (TPSA) is 142 Å². The van der Waals surface area contributed by atoms with Crippen LogP contribution in [0.1, 0.15) is 15.9 Å². The van der Waals surface area contributed by atoms with Crippen LogP contribution >= 0.6 is 0 Å². The van der Waals surface area contributed by atoms with Gasteiger partial charge in [-0.25, -0.2) is 14.8 Å². The fraction of sp³-hybridized carbons (Fsp3) is 0.0952. The van der Waals surface area contributed by atoms with Gasteiger partial charge in [-0.3, -0.25) is 14.8 Å². The highest BCUT2D eigenvalue weighted by Crippen LogP contribution is 2.39. The number of amides is 3. The predicted octanol–water partition coefficient (Wildman–Crippen LogP) is 2.98. The van der Waals surface area contributed by atoms with E-state index in [4.69, 9.17) is 5.73 Å². The second-order valence-electron chi connectivity index (χ2n) is 6.78. The number of aryl methyl sites for hydroxylation is 1. The number of hydrogen-bond donors (Lipinski definition) is 4. The lowest BCUT2D eigenvalue weighted by Gasteiger charge is -2.27. The SMILES string of the molecule is CNC(=O)Nc1ccc(C)c(N(c2ccc(C(N)=O)cc2)c2ncnc3[nH]ncc23)c1. The van der Waals surface area contributed by atoms with E-state index in [1.807, 2.05) is 30.0 Å². The van der Waals surface area contributed by atoms with Gasteiger partial charge in [0.1, 0.15) is 6.33 Å². The number of aromatic amines is 1. The van der Waals surface area contributed by atoms with Crippen LogP contribution in [0.5, 0.6) is 0 Å². The maximum atomic E-state index is 11.8. The van der Waals surface area contributed by atoms with Crippen molar-refractivity contribution in [3.05, 3.63) is 66.1 Å². The summed E-state index contributed by atoms with van der Waals surface area (Å²) in [6.07, 6.45) is 3.10. The van der Waals surface area contributed by atoms with Gasteiger partial charge in [0.05, 0.1) is 17.3 Å². The Kier molecular flexibility index (Phi) is 5.19. The number of H-pyrrole nitrogens is 1. The number of primary amides is 1. The Bertz CT molecular complexity index is 1270. The van der Waals surface area contributed by atoms with Crippen molar-refractivity contribution in [2.45, 2.75) is 6.92 Å². The molecule has 3 amide bonds. The standard InChI is InChI=1S/C21H20N8O2/c1-12-3-6-14(27-21(31)23-2)9-17(12)29(15-7-4-13(5-8-15)18(22)30)20-16-10-26-28-19(16)24-11-25-20/h3-11H,1-2H3,(H2,22,30)(H2,23,27,31)(H,24,25,26,28). The predicted molar refractivity (Wildman–Crippen MR) is 118 cm³/mol. The average Bonchev–Trinajstić information content (AvgIpc) is 3.26. The first-order valence-electron chi connectivity index (χ1n) is 9.41. The number of carbonyl (C=O) groups excluding carboxylic acids is 2. The third-order valence-electron chi connectivity index (χ3n) is 4.78. The number of urea groups is 1. The van der Waals surface area contributed by atoms with Crippen LogP contribution < -0.4 is 21.3 Å². The maximum Gasteiger partial charge on any atom is 0.318 e. The smallest absolute Gasteiger partial charge is 0.318 e. The molecule has 0 bridgehead atoms. The molecule has 2 heterocycles. The third-order valence-corrected chi connectivity index (χ3v) is 4.78. The molecule has 0 saturated carbocycles. The molecule has 0 fully saturated rings. The van der Waals surface area contributed by atoms with E-state index in [1.54, 1.807) is 37.5 Å². The molecule has 2 aromatic carbocycles. The molecule has 0 aliphatic heterocycles. The van der Waals surface area contributed by atoms with Crippen molar-refractivity contribution in [2.75, 3.05) is 17.3 Å². The number of benzene rings is 2. The van der Waals surface area contributed by atoms with E-state index in [0.29, 0.717) is 28.1 Å². The molecule has 10 heteroatoms. The number of anilines is 4. The number of nitrogens with one attached hydrogen (secondary N) is 3. The summed E-state index contributed by atoms with van der Waals surface area (Å²) in [4.78, 5) is 34.0. The first-order chi connectivity index (χ1) is 15.0. The normalized spacial score (nSPS) is 10.6. The number of aromatic nitrogens is 4. The van der Waals surface area contributed by atoms with Gasteiger partial charge in [-0.05, 0) is 48.9 Å². The van der Waals surface area contributed by atoms with Crippen LogP contribution in [0.3, 0.4) is 0 Å². The lowest BCUT2D eigenvalue weighted by atomic mass is 10.1. The highest BCUT2D eigenvalue weighted by atomic mass is 16.2. The number of nitrogens with zero attached hydrogens (tertiary/aromatic N) is 4. The van der Waals surface area contributed by atoms with Crippen molar-refractivity contribution in [3.63, 3.8) is 0 Å². The molecule has 4 rings (SSSR count). The fourth-order valence-electron chi connectivity index (χ4n) is 3.20. The minimum atomic E-state index is -0.509. The lowest BCUT2D eigenvalue weighted by molar-refractivity contribution is 0.100. The van der Waals surface area contributed by atoms with Gasteiger partial charge in [-0.15, -0.1) is 0 Å². The summed E-state index contributed by atoms with van der Waals surface area (Å²) in [5, 5.41) is 13.0. The van der Waals surface area contributed by atoms with Crippen molar-refractivity contribution < 1.29 is 9.59 Å². The zero-order valence-electron chi connectivity index (χ0n) is 16.9. The van der Waals surface area contributed by atoms with Crippen molar-refractivity contribution in [1.82, 2.24) is 25.5 Å². The van der Waals surface area contributed by atoms with Crippen LogP contribution in [-0.4, -0.2) is 39.2 Å². The van der Waals surface area contributed by atoms with E-state index in [2.05, 4.69) is 30.8 Å². The van der Waals surface area contributed by atoms with Crippen LogP contribution in [0.25, 0.3) is 11.0 Å². The summed E-state index contributed by atoms with van der Waals surface area (Å²) in [7, 11) is 1.55. The molecule has 0 saturated heterocycles. The first kappa shape index (κ1) is 19.8. The van der Waals surface area contributed by atoms with Crippen molar-refractivity contribution in [1.29, 1.82) is 0 Å². The molecule has 4 aromatic rings. The average molecular weight is 416 g/mol. The van der Waals surface area contributed by atoms with Crippen molar-refractivity contribution >= 4 is 45.9 Å². The molecule has 2 aromatic heterocycles. The monoisotopic (exact) mass is 416 g/mol. The third kappa shape index (κ3) is 3.86. The minimum Gasteiger partial charge on any atom is -0.366 e. The summed E-state index contributed by atoms with van der Waals surface area (Å²) in [6.45, 7) is 1.96. The van der Waals surface area contributed by atoms with Gasteiger partial charge in [-0.2, -0.15) is 5.10 Å². The fourth-order valence-corrected chi connectivity index (χ4v) is 3.20. The van der Waals surface area contributed by atoms with Gasteiger partial charge in [0, 0.05) is 24.0 Å². The Morgan fingerprint density at radius 2 is 1.87 bits per heavy atom. The minimum absolute atomic E-state index is 0.327. The van der Waals surface area contributed by atoms with Gasteiger partial charge in [0.15, 0.2) is 11.5 Å². The Balaban J connectivity index is 1.91. The Morgan fingerprint density at radius 1 is 1.10 bits per heavy atom. The molecule has 0 radical (unpaired) electrons. The van der Waals surface area contributed by atoms with E-state index in [-0.39, 0.29) is 6.03 Å². The van der Waals surface area contributed by atoms with Crippen molar-refractivity contribution in [3.8, 4) is 0 Å². The highest BCUT2D eigenvalue weighted by Gasteiger charge is 2.20. The van der Waals surface area contributed by atoms with E-state index < -0.39 is 5.91 Å². The van der Waals surface area contributed by atoms with Crippen LogP contribution in [0.4, 0.5) is 27.7 Å². The van der Waals surface area contributed by atoms with Gasteiger partial charge in [-0.1, -0.05) is 6.07 Å². The number of hydrogen-bond acceptors (Lipinski definition) is 6.